The van der Waals surface area contributed by atoms with E-state index in [1.54, 1.807) is 0 Å². The molecule has 50 valence electrons. The van der Waals surface area contributed by atoms with Gasteiger partial charge < -0.3 is 0 Å². The summed E-state index contributed by atoms with van der Waals surface area (Å²) in [5, 5.41) is 0. The molecule has 1 heterocycles. The van der Waals surface area contributed by atoms with Gasteiger partial charge in [0.25, 0.3) is 0 Å². The summed E-state index contributed by atoms with van der Waals surface area (Å²) in [6.07, 6.45) is 9.05. The minimum Gasteiger partial charge on any atom is -0.260 e. The van der Waals surface area contributed by atoms with Crippen LogP contribution in [0.5, 0.6) is 0 Å². The molecule has 0 spiro atoms. The highest BCUT2D eigenvalue weighted by atomic mass is 79.9. The van der Waals surface area contributed by atoms with E-state index in [9.17, 15) is 0 Å². The lowest BCUT2D eigenvalue weighted by Crippen LogP contribution is -1.99. The molecule has 0 atom stereocenters. The van der Waals surface area contributed by atoms with Crippen molar-refractivity contribution in [2.45, 2.75) is 6.42 Å². The zero-order valence-electron chi connectivity index (χ0n) is 5.34. The van der Waals surface area contributed by atoms with Crippen LogP contribution in [-0.2, 0) is 0 Å². The fraction of sp³-hybridized carbons (Fsp3) is 0.125. The smallest absolute Gasteiger partial charge is 0.0514 e. The summed E-state index contributed by atoms with van der Waals surface area (Å²) in [4.78, 5) is 4.19. The molecule has 0 unspecified atom stereocenters. The Morgan fingerprint density at radius 1 is 1.50 bits per heavy atom. The first-order valence-electron chi connectivity index (χ1n) is 3.17. The van der Waals surface area contributed by atoms with Gasteiger partial charge >= 0.3 is 0 Å². The Hall–Kier alpha value is -0.630. The van der Waals surface area contributed by atoms with Crippen molar-refractivity contribution < 1.29 is 0 Å². The fourth-order valence-electron chi connectivity index (χ4n) is 1.08. The van der Waals surface area contributed by atoms with Crippen LogP contribution in [0.1, 0.15) is 6.42 Å². The molecule has 0 aromatic carbocycles. The molecule has 0 fully saturated rings. The Bertz CT molecular complexity index is 282. The molecule has 2 heteroatoms. The number of hydrogen-bond acceptors (Lipinski definition) is 1. The van der Waals surface area contributed by atoms with E-state index in [4.69, 9.17) is 0 Å². The average Bonchev–Trinajstić information content (AvgIpc) is 2.33. The summed E-state index contributed by atoms with van der Waals surface area (Å²) in [7, 11) is 0. The van der Waals surface area contributed by atoms with E-state index >= 15 is 0 Å². The van der Waals surface area contributed by atoms with E-state index in [2.05, 4.69) is 33.1 Å². The van der Waals surface area contributed by atoms with Gasteiger partial charge in [-0.25, -0.2) is 0 Å². The SMILES string of the molecule is BrC1=CCC2=NC=CC2=C1. The van der Waals surface area contributed by atoms with Crippen LogP contribution in [0.2, 0.25) is 0 Å². The standard InChI is InChI=1S/C8H6BrN/c9-7-1-2-8-6(5-7)3-4-10-8/h1,3-5H,2H2. The minimum absolute atomic E-state index is 0.958. The van der Waals surface area contributed by atoms with Crippen molar-refractivity contribution in [1.82, 2.24) is 0 Å². The van der Waals surface area contributed by atoms with Crippen LogP contribution in [0, 0.1) is 0 Å². The highest BCUT2D eigenvalue weighted by Gasteiger charge is 2.10. The predicted molar refractivity (Wildman–Crippen MR) is 46.3 cm³/mol. The number of fused-ring (bicyclic) bond motifs is 1. The molecule has 1 aliphatic heterocycles. The van der Waals surface area contributed by atoms with Gasteiger partial charge in [0, 0.05) is 17.1 Å². The van der Waals surface area contributed by atoms with Crippen LogP contribution in [0.4, 0.5) is 0 Å². The largest absolute Gasteiger partial charge is 0.260 e. The molecule has 0 bridgehead atoms. The van der Waals surface area contributed by atoms with Crippen molar-refractivity contribution in [3.63, 3.8) is 0 Å². The van der Waals surface area contributed by atoms with E-state index in [1.165, 1.54) is 11.3 Å². The zero-order valence-corrected chi connectivity index (χ0v) is 6.93. The molecule has 0 saturated heterocycles. The van der Waals surface area contributed by atoms with Crippen molar-refractivity contribution in [2.75, 3.05) is 0 Å². The molecule has 0 saturated carbocycles. The molecular weight excluding hydrogens is 190 g/mol. The first-order chi connectivity index (χ1) is 4.86. The number of nitrogens with zero attached hydrogens (tertiary/aromatic N) is 1. The van der Waals surface area contributed by atoms with E-state index in [0.717, 1.165) is 10.9 Å². The van der Waals surface area contributed by atoms with E-state index < -0.39 is 0 Å². The number of aliphatic imine (C=N–C) groups is 1. The molecule has 2 aliphatic rings. The van der Waals surface area contributed by atoms with Crippen molar-refractivity contribution >= 4 is 21.6 Å². The quantitative estimate of drug-likeness (QED) is 0.564. The van der Waals surface area contributed by atoms with Crippen LogP contribution < -0.4 is 0 Å². The van der Waals surface area contributed by atoms with Gasteiger partial charge in [-0.2, -0.15) is 0 Å². The van der Waals surface area contributed by atoms with Gasteiger partial charge in [0.05, 0.1) is 5.71 Å². The molecule has 0 aromatic heterocycles. The zero-order chi connectivity index (χ0) is 6.97. The minimum atomic E-state index is 0.958. The van der Waals surface area contributed by atoms with Crippen LogP contribution in [0.15, 0.2) is 39.5 Å². The monoisotopic (exact) mass is 195 g/mol. The second kappa shape index (κ2) is 2.20. The predicted octanol–water partition coefficient (Wildman–Crippen LogP) is 2.56. The molecule has 2 rings (SSSR count). The van der Waals surface area contributed by atoms with Crippen molar-refractivity contribution in [3.8, 4) is 0 Å². The van der Waals surface area contributed by atoms with Crippen molar-refractivity contribution in [1.29, 1.82) is 0 Å². The molecule has 10 heavy (non-hydrogen) atoms. The summed E-state index contributed by atoms with van der Waals surface area (Å²) < 4.78 is 1.16. The second-order valence-electron chi connectivity index (χ2n) is 2.28. The highest BCUT2D eigenvalue weighted by molar-refractivity contribution is 9.11. The van der Waals surface area contributed by atoms with Gasteiger partial charge in [0.1, 0.15) is 0 Å². The van der Waals surface area contributed by atoms with Gasteiger partial charge in [-0.15, -0.1) is 0 Å². The van der Waals surface area contributed by atoms with Gasteiger partial charge in [0.15, 0.2) is 0 Å². The fourth-order valence-corrected chi connectivity index (χ4v) is 1.49. The molecule has 0 N–H and O–H groups in total. The van der Waals surface area contributed by atoms with Gasteiger partial charge in [0.2, 0.25) is 0 Å². The van der Waals surface area contributed by atoms with E-state index in [0.29, 0.717) is 0 Å². The van der Waals surface area contributed by atoms with Crippen LogP contribution >= 0.6 is 15.9 Å². The van der Waals surface area contributed by atoms with Crippen molar-refractivity contribution in [3.05, 3.63) is 34.5 Å². The van der Waals surface area contributed by atoms with Crippen molar-refractivity contribution in [2.24, 2.45) is 4.99 Å². The summed E-state index contributed by atoms with van der Waals surface area (Å²) in [5.41, 5.74) is 2.43. The molecule has 0 amide bonds. The van der Waals surface area contributed by atoms with Crippen LogP contribution in [0.25, 0.3) is 0 Å². The lowest BCUT2D eigenvalue weighted by atomic mass is 10.0. The summed E-state index contributed by atoms with van der Waals surface area (Å²) in [6.45, 7) is 0. The lowest BCUT2D eigenvalue weighted by Gasteiger charge is -2.04. The number of rotatable bonds is 0. The Morgan fingerprint density at radius 3 is 3.30 bits per heavy atom. The third-order valence-electron chi connectivity index (χ3n) is 1.60. The van der Waals surface area contributed by atoms with Gasteiger partial charge in [-0.05, 0) is 17.7 Å². The Labute approximate surface area is 68.0 Å². The molecular formula is C8H6BrN. The number of hydrogen-bond donors (Lipinski definition) is 0. The number of halogens is 1. The first kappa shape index (κ1) is 6.10. The highest BCUT2D eigenvalue weighted by Crippen LogP contribution is 2.23. The molecule has 0 aromatic rings. The molecule has 1 nitrogen and oxygen atoms in total. The summed E-state index contributed by atoms with van der Waals surface area (Å²) in [6, 6.07) is 0. The van der Waals surface area contributed by atoms with E-state index in [1.807, 2.05) is 12.3 Å². The number of allylic oxidation sites excluding steroid dienone is 5. The first-order valence-corrected chi connectivity index (χ1v) is 3.96. The third kappa shape index (κ3) is 0.886. The third-order valence-corrected chi connectivity index (χ3v) is 2.15. The van der Waals surface area contributed by atoms with Crippen LogP contribution in [0.3, 0.4) is 0 Å². The summed E-state index contributed by atoms with van der Waals surface area (Å²) in [5.74, 6) is 0. The molecule has 1 aliphatic carbocycles. The lowest BCUT2D eigenvalue weighted by molar-refractivity contribution is 1.41. The maximum Gasteiger partial charge on any atom is 0.0514 e. The Balaban J connectivity index is 2.43. The van der Waals surface area contributed by atoms with Gasteiger partial charge in [-0.3, -0.25) is 4.99 Å². The topological polar surface area (TPSA) is 12.4 Å². The average molecular weight is 196 g/mol. The van der Waals surface area contributed by atoms with Crippen LogP contribution in [-0.4, -0.2) is 5.71 Å². The Kier molecular flexibility index (Phi) is 1.34. The normalized spacial score (nSPS) is 21.5. The molecule has 0 radical (unpaired) electrons. The maximum absolute atomic E-state index is 4.19. The second-order valence-corrected chi connectivity index (χ2v) is 3.20. The summed E-state index contributed by atoms with van der Waals surface area (Å²) >= 11 is 3.42. The van der Waals surface area contributed by atoms with Gasteiger partial charge in [-0.1, -0.05) is 22.0 Å². The Morgan fingerprint density at radius 2 is 2.40 bits per heavy atom. The maximum atomic E-state index is 4.19. The van der Waals surface area contributed by atoms with E-state index in [-0.39, 0.29) is 0 Å².